The van der Waals surface area contributed by atoms with Crippen LogP contribution in [0, 0.1) is 7.14 Å². The van der Waals surface area contributed by atoms with Gasteiger partial charge < -0.3 is 14.6 Å². The van der Waals surface area contributed by atoms with Crippen LogP contribution in [-0.2, 0) is 14.3 Å². The number of rotatable bonds is 5. The van der Waals surface area contributed by atoms with Crippen LogP contribution in [0.3, 0.4) is 0 Å². The maximum atomic E-state index is 10.2. The fourth-order valence-electron chi connectivity index (χ4n) is 1.39. The number of halogens is 1. The molecule has 2 aromatic carbocycles. The van der Waals surface area contributed by atoms with Gasteiger partial charge in [0.1, 0.15) is 0 Å². The van der Waals surface area contributed by atoms with Gasteiger partial charge in [0.25, 0.3) is 0 Å². The summed E-state index contributed by atoms with van der Waals surface area (Å²) in [6, 6.07) is 21.4. The molecule has 5 heteroatoms. The SMILES string of the molecule is COC(=O)CCC(=O)[O-].c1ccc([I+]c2ccccc2)cc1. The number of carbonyl (C=O) groups is 2. The van der Waals surface area contributed by atoms with Crippen molar-refractivity contribution < 1.29 is 40.6 Å². The highest BCUT2D eigenvalue weighted by molar-refractivity contribution is 5.75. The van der Waals surface area contributed by atoms with E-state index in [9.17, 15) is 14.7 Å². The largest absolute Gasteiger partial charge is 0.550 e. The Balaban J connectivity index is 0.000000239. The average Bonchev–Trinajstić information content (AvgIpc) is 2.55. The lowest BCUT2D eigenvalue weighted by Gasteiger charge is -1.98. The van der Waals surface area contributed by atoms with E-state index in [-0.39, 0.29) is 34.0 Å². The molecule has 0 aromatic heterocycles. The molecule has 22 heavy (non-hydrogen) atoms. The molecule has 0 unspecified atom stereocenters. The highest BCUT2D eigenvalue weighted by Crippen LogP contribution is 1.88. The predicted molar refractivity (Wildman–Crippen MR) is 76.5 cm³/mol. The molecule has 0 heterocycles. The van der Waals surface area contributed by atoms with Crippen LogP contribution >= 0.6 is 0 Å². The minimum atomic E-state index is -1.24. The molecule has 0 aliphatic heterocycles. The lowest BCUT2D eigenvalue weighted by Crippen LogP contribution is -3.61. The van der Waals surface area contributed by atoms with Crippen LogP contribution in [0.1, 0.15) is 12.8 Å². The maximum Gasteiger partial charge on any atom is 0.357 e. The Kier molecular flexibility index (Phi) is 8.90. The second-order valence-corrected chi connectivity index (χ2v) is 7.16. The van der Waals surface area contributed by atoms with Crippen molar-refractivity contribution in [1.82, 2.24) is 0 Å². The molecule has 0 atom stereocenters. The van der Waals surface area contributed by atoms with Gasteiger partial charge in [-0.3, -0.25) is 4.79 Å². The third-order valence-corrected chi connectivity index (χ3v) is 5.13. The van der Waals surface area contributed by atoms with Crippen LogP contribution in [0.4, 0.5) is 0 Å². The van der Waals surface area contributed by atoms with Crippen LogP contribution in [0.25, 0.3) is 0 Å². The molecule has 0 aliphatic rings. The molecule has 0 fully saturated rings. The van der Waals surface area contributed by atoms with Crippen molar-refractivity contribution in [2.24, 2.45) is 0 Å². The lowest BCUT2D eigenvalue weighted by atomic mass is 10.3. The highest BCUT2D eigenvalue weighted by Gasteiger charge is 2.12. The molecular weight excluding hydrogens is 395 g/mol. The summed E-state index contributed by atoms with van der Waals surface area (Å²) >= 11 is 0.0287. The minimum absolute atomic E-state index is 0.0287. The number of methoxy groups -OCH3 is 1. The number of esters is 1. The van der Waals surface area contributed by atoms with Crippen molar-refractivity contribution in [2.45, 2.75) is 12.8 Å². The van der Waals surface area contributed by atoms with Crippen molar-refractivity contribution in [3.8, 4) is 0 Å². The zero-order chi connectivity index (χ0) is 16.2. The van der Waals surface area contributed by atoms with E-state index in [0.29, 0.717) is 0 Å². The molecule has 0 bridgehead atoms. The maximum absolute atomic E-state index is 10.2. The van der Waals surface area contributed by atoms with Crippen molar-refractivity contribution in [3.63, 3.8) is 0 Å². The van der Waals surface area contributed by atoms with Crippen molar-refractivity contribution in [3.05, 3.63) is 67.8 Å². The van der Waals surface area contributed by atoms with Crippen LogP contribution < -0.4 is 26.3 Å². The van der Waals surface area contributed by atoms with Crippen LogP contribution in [0.2, 0.25) is 0 Å². The average molecular weight is 412 g/mol. The Morgan fingerprint density at radius 1 is 0.909 bits per heavy atom. The van der Waals surface area contributed by atoms with Crippen molar-refractivity contribution in [2.75, 3.05) is 7.11 Å². The molecule has 116 valence electrons. The molecule has 2 aromatic rings. The molecule has 0 saturated carbocycles. The van der Waals surface area contributed by atoms with E-state index < -0.39 is 11.9 Å². The molecule has 0 radical (unpaired) electrons. The predicted octanol–water partition coefficient (Wildman–Crippen LogP) is -1.50. The second kappa shape index (κ2) is 10.8. The summed E-state index contributed by atoms with van der Waals surface area (Å²) in [4.78, 5) is 19.9. The van der Waals surface area contributed by atoms with E-state index in [2.05, 4.69) is 65.4 Å². The van der Waals surface area contributed by atoms with Crippen LogP contribution in [0.15, 0.2) is 60.7 Å². The van der Waals surface area contributed by atoms with Gasteiger partial charge in [-0.15, -0.1) is 0 Å². The third-order valence-electron chi connectivity index (χ3n) is 2.45. The van der Waals surface area contributed by atoms with E-state index >= 15 is 0 Å². The lowest BCUT2D eigenvalue weighted by molar-refractivity contribution is -0.597. The number of carboxylic acid groups (broad SMARTS) is 1. The number of carbonyl (C=O) groups excluding carboxylic acids is 2. The molecular formula is C17H17IO4. The van der Waals surface area contributed by atoms with Crippen LogP contribution in [0.5, 0.6) is 0 Å². The Morgan fingerprint density at radius 2 is 1.36 bits per heavy atom. The number of benzene rings is 2. The van der Waals surface area contributed by atoms with E-state index in [1.807, 2.05) is 0 Å². The normalized spacial score (nSPS) is 9.32. The third kappa shape index (κ3) is 8.41. The number of aliphatic carboxylic acids is 1. The fraction of sp³-hybridized carbons (Fsp3) is 0.176. The van der Waals surface area contributed by atoms with Gasteiger partial charge in [0, 0.05) is 5.97 Å². The standard InChI is InChI=1S/C12H10I.C5H8O4/c1-3-7-11(8-4-1)13-12-9-5-2-6-10-12;1-9-5(8)3-2-4(6)7/h1-10H;2-3H2,1H3,(H,6,7)/q+1;/p-1. The first kappa shape index (κ1) is 18.2. The van der Waals surface area contributed by atoms with Crippen LogP contribution in [-0.4, -0.2) is 19.0 Å². The van der Waals surface area contributed by atoms with Gasteiger partial charge in [-0.2, -0.15) is 0 Å². The molecule has 0 N–H and O–H groups in total. The zero-order valence-electron chi connectivity index (χ0n) is 12.2. The van der Waals surface area contributed by atoms with Crippen molar-refractivity contribution in [1.29, 1.82) is 0 Å². The number of hydrogen-bond acceptors (Lipinski definition) is 4. The smallest absolute Gasteiger partial charge is 0.357 e. The summed E-state index contributed by atoms with van der Waals surface area (Å²) in [5.41, 5.74) is 0. The van der Waals surface area contributed by atoms with E-state index in [1.54, 1.807) is 0 Å². The zero-order valence-corrected chi connectivity index (χ0v) is 14.4. The van der Waals surface area contributed by atoms with Gasteiger partial charge in [0.15, 0.2) is 7.14 Å². The minimum Gasteiger partial charge on any atom is -0.550 e. The molecule has 2 rings (SSSR count). The van der Waals surface area contributed by atoms with Gasteiger partial charge in [0.2, 0.25) is 0 Å². The van der Waals surface area contributed by atoms with Crippen molar-refractivity contribution >= 4 is 11.9 Å². The van der Waals surface area contributed by atoms with E-state index in [1.165, 1.54) is 14.3 Å². The quantitative estimate of drug-likeness (QED) is 0.443. The molecule has 0 aliphatic carbocycles. The van der Waals surface area contributed by atoms with E-state index in [4.69, 9.17) is 0 Å². The fourth-order valence-corrected chi connectivity index (χ4v) is 3.66. The molecule has 0 saturated heterocycles. The first-order valence-electron chi connectivity index (χ1n) is 6.63. The summed E-state index contributed by atoms with van der Waals surface area (Å²) < 4.78 is 7.13. The highest BCUT2D eigenvalue weighted by atomic mass is 127. The monoisotopic (exact) mass is 412 g/mol. The number of hydrogen-bond donors (Lipinski definition) is 0. The summed E-state index contributed by atoms with van der Waals surface area (Å²) in [6.07, 6.45) is -0.383. The summed E-state index contributed by atoms with van der Waals surface area (Å²) in [7, 11) is 1.21. The Hall–Kier alpha value is -1.89. The first-order chi connectivity index (χ1) is 10.6. The topological polar surface area (TPSA) is 66.4 Å². The molecule has 0 spiro atoms. The number of carboxylic acids is 1. The van der Waals surface area contributed by atoms with Gasteiger partial charge in [-0.05, 0) is 30.7 Å². The second-order valence-electron chi connectivity index (χ2n) is 4.13. The summed E-state index contributed by atoms with van der Waals surface area (Å²) in [5.74, 6) is -1.76. The summed E-state index contributed by atoms with van der Waals surface area (Å²) in [5, 5.41) is 9.70. The molecule has 0 amide bonds. The Morgan fingerprint density at radius 3 is 1.73 bits per heavy atom. The Labute approximate surface area is 140 Å². The van der Waals surface area contributed by atoms with Gasteiger partial charge >= 0.3 is 27.2 Å². The van der Waals surface area contributed by atoms with Gasteiger partial charge in [-0.1, -0.05) is 36.4 Å². The first-order valence-corrected chi connectivity index (χ1v) is 8.79. The Bertz CT molecular complexity index is 532. The molecule has 4 nitrogen and oxygen atoms in total. The van der Waals surface area contributed by atoms with E-state index in [0.717, 1.165) is 0 Å². The summed E-state index contributed by atoms with van der Waals surface area (Å²) in [6.45, 7) is 0. The van der Waals surface area contributed by atoms with Gasteiger partial charge in [-0.25, -0.2) is 0 Å². The number of ether oxygens (including phenoxy) is 1. The van der Waals surface area contributed by atoms with Gasteiger partial charge in [0.05, 0.1) is 13.5 Å².